The highest BCUT2D eigenvalue weighted by Crippen LogP contribution is 2.66. The molecule has 0 aliphatic heterocycles. The van der Waals surface area contributed by atoms with Gasteiger partial charge in [0.2, 0.25) is 5.91 Å². The Morgan fingerprint density at radius 2 is 1.79 bits per heavy atom. The SMILES string of the molecule is C[C@]1(C(=O)Nc2ccc3ccccc3c2)CC1(Br)Br. The Hall–Kier alpha value is -0.870. The maximum Gasteiger partial charge on any atom is 0.232 e. The molecule has 0 unspecified atom stereocenters. The van der Waals surface area contributed by atoms with E-state index in [4.69, 9.17) is 0 Å². The molecule has 4 heteroatoms. The number of nitrogens with one attached hydrogen (secondary N) is 1. The average molecular weight is 383 g/mol. The molecule has 0 saturated heterocycles. The summed E-state index contributed by atoms with van der Waals surface area (Å²) in [5.41, 5.74) is 0.450. The van der Waals surface area contributed by atoms with Crippen LogP contribution in [0.5, 0.6) is 0 Å². The lowest BCUT2D eigenvalue weighted by atomic mass is 10.1. The quantitative estimate of drug-likeness (QED) is 0.751. The third-order valence-corrected chi connectivity index (χ3v) is 6.08. The fourth-order valence-corrected chi connectivity index (χ4v) is 3.66. The van der Waals surface area contributed by atoms with Crippen molar-refractivity contribution in [1.29, 1.82) is 0 Å². The molecule has 0 aromatic heterocycles. The normalized spacial score (nSPS) is 24.2. The van der Waals surface area contributed by atoms with Gasteiger partial charge in [-0.3, -0.25) is 4.79 Å². The second-order valence-electron chi connectivity index (χ2n) is 5.23. The van der Waals surface area contributed by atoms with Crippen molar-refractivity contribution in [2.75, 3.05) is 5.32 Å². The Balaban J connectivity index is 1.84. The van der Waals surface area contributed by atoms with Crippen molar-refractivity contribution in [2.45, 2.75) is 16.6 Å². The van der Waals surface area contributed by atoms with Gasteiger partial charge in [-0.2, -0.15) is 0 Å². The zero-order valence-corrected chi connectivity index (χ0v) is 13.6. The maximum absolute atomic E-state index is 12.3. The van der Waals surface area contributed by atoms with Crippen LogP contribution in [0, 0.1) is 5.41 Å². The third-order valence-electron chi connectivity index (χ3n) is 3.77. The van der Waals surface area contributed by atoms with Crippen LogP contribution in [0.3, 0.4) is 0 Å². The minimum Gasteiger partial charge on any atom is -0.326 e. The van der Waals surface area contributed by atoms with Crippen LogP contribution in [0.4, 0.5) is 5.69 Å². The molecule has 3 rings (SSSR count). The maximum atomic E-state index is 12.3. The van der Waals surface area contributed by atoms with Gasteiger partial charge in [-0.05, 0) is 36.2 Å². The standard InChI is InChI=1S/C15H13Br2NO/c1-14(9-15(14,16)17)13(19)18-12-7-6-10-4-2-3-5-11(10)8-12/h2-8H,9H2,1H3,(H,18,19)/t14-/m1/s1. The molecule has 1 N–H and O–H groups in total. The van der Waals surface area contributed by atoms with Gasteiger partial charge in [-0.25, -0.2) is 0 Å². The molecule has 1 atom stereocenters. The van der Waals surface area contributed by atoms with E-state index >= 15 is 0 Å². The number of rotatable bonds is 2. The predicted molar refractivity (Wildman–Crippen MR) is 85.9 cm³/mol. The zero-order valence-electron chi connectivity index (χ0n) is 10.4. The molecule has 2 nitrogen and oxygen atoms in total. The summed E-state index contributed by atoms with van der Waals surface area (Å²) in [5.74, 6) is 0.0385. The van der Waals surface area contributed by atoms with E-state index in [1.54, 1.807) is 0 Å². The minimum atomic E-state index is -0.390. The minimum absolute atomic E-state index is 0.0385. The van der Waals surface area contributed by atoms with Gasteiger partial charge in [-0.1, -0.05) is 62.2 Å². The van der Waals surface area contributed by atoms with Crippen LogP contribution >= 0.6 is 31.9 Å². The Morgan fingerprint density at radius 3 is 2.42 bits per heavy atom. The lowest BCUT2D eigenvalue weighted by Gasteiger charge is -2.13. The van der Waals surface area contributed by atoms with Gasteiger partial charge in [-0.15, -0.1) is 0 Å². The molecular weight excluding hydrogens is 370 g/mol. The number of halogens is 2. The van der Waals surface area contributed by atoms with Crippen molar-refractivity contribution in [3.05, 3.63) is 42.5 Å². The summed E-state index contributed by atoms with van der Waals surface area (Å²) in [4.78, 5) is 12.3. The van der Waals surface area contributed by atoms with Crippen LogP contribution in [0.25, 0.3) is 10.8 Å². The van der Waals surface area contributed by atoms with Gasteiger partial charge < -0.3 is 5.32 Å². The van der Waals surface area contributed by atoms with Crippen LogP contribution in [-0.2, 0) is 4.79 Å². The number of hydrogen-bond acceptors (Lipinski definition) is 1. The molecule has 0 radical (unpaired) electrons. The predicted octanol–water partition coefficient (Wildman–Crippen LogP) is 4.67. The molecule has 0 heterocycles. The van der Waals surface area contributed by atoms with Gasteiger partial charge in [0, 0.05) is 5.69 Å². The first-order valence-electron chi connectivity index (χ1n) is 6.10. The molecule has 1 aliphatic rings. The summed E-state index contributed by atoms with van der Waals surface area (Å²) in [5, 5.41) is 5.30. The fourth-order valence-electron chi connectivity index (χ4n) is 2.18. The van der Waals surface area contributed by atoms with Crippen molar-refractivity contribution >= 4 is 54.2 Å². The van der Waals surface area contributed by atoms with E-state index in [9.17, 15) is 4.79 Å². The van der Waals surface area contributed by atoms with Gasteiger partial charge in [0.05, 0.1) is 8.65 Å². The molecule has 0 spiro atoms. The molecule has 1 aliphatic carbocycles. The molecular formula is C15H13Br2NO. The lowest BCUT2D eigenvalue weighted by molar-refractivity contribution is -0.120. The van der Waals surface area contributed by atoms with Crippen LogP contribution in [0.2, 0.25) is 0 Å². The van der Waals surface area contributed by atoms with Crippen molar-refractivity contribution in [3.63, 3.8) is 0 Å². The van der Waals surface area contributed by atoms with Gasteiger partial charge >= 0.3 is 0 Å². The van der Waals surface area contributed by atoms with E-state index in [0.717, 1.165) is 17.5 Å². The van der Waals surface area contributed by atoms with Gasteiger partial charge in [0.25, 0.3) is 0 Å². The average Bonchev–Trinajstić information content (AvgIpc) is 2.90. The Bertz CT molecular complexity index is 668. The lowest BCUT2D eigenvalue weighted by Crippen LogP contribution is -2.25. The molecule has 0 bridgehead atoms. The molecule has 1 fully saturated rings. The van der Waals surface area contributed by atoms with E-state index in [2.05, 4.69) is 43.2 Å². The van der Waals surface area contributed by atoms with E-state index in [-0.39, 0.29) is 9.14 Å². The van der Waals surface area contributed by atoms with Gasteiger partial charge in [0.15, 0.2) is 0 Å². The summed E-state index contributed by atoms with van der Waals surface area (Å²) >= 11 is 7.04. The molecule has 98 valence electrons. The Labute approximate surface area is 128 Å². The number of anilines is 1. The Morgan fingerprint density at radius 1 is 1.16 bits per heavy atom. The number of benzene rings is 2. The molecule has 2 aromatic carbocycles. The number of alkyl halides is 2. The summed E-state index contributed by atoms with van der Waals surface area (Å²) < 4.78 is -0.256. The molecule has 2 aromatic rings. The fraction of sp³-hybridized carbons (Fsp3) is 0.267. The summed E-state index contributed by atoms with van der Waals surface area (Å²) in [6.45, 7) is 1.95. The molecule has 19 heavy (non-hydrogen) atoms. The van der Waals surface area contributed by atoms with Crippen molar-refractivity contribution in [1.82, 2.24) is 0 Å². The second-order valence-corrected chi connectivity index (χ2v) is 9.00. The smallest absolute Gasteiger partial charge is 0.232 e. The third kappa shape index (κ3) is 2.21. The van der Waals surface area contributed by atoms with Crippen LogP contribution < -0.4 is 5.32 Å². The highest BCUT2D eigenvalue weighted by atomic mass is 79.9. The van der Waals surface area contributed by atoms with Crippen molar-refractivity contribution < 1.29 is 4.79 Å². The van der Waals surface area contributed by atoms with E-state index in [0.29, 0.717) is 0 Å². The van der Waals surface area contributed by atoms with Crippen molar-refractivity contribution in [2.24, 2.45) is 5.41 Å². The number of amides is 1. The second kappa shape index (κ2) is 4.32. The van der Waals surface area contributed by atoms with Crippen molar-refractivity contribution in [3.8, 4) is 0 Å². The number of carbonyl (C=O) groups is 1. The first-order chi connectivity index (χ1) is 8.92. The zero-order chi connectivity index (χ0) is 13.7. The highest BCUT2D eigenvalue weighted by molar-refractivity contribution is 9.25. The molecule has 1 saturated carbocycles. The van der Waals surface area contributed by atoms with E-state index in [1.807, 2.05) is 43.3 Å². The van der Waals surface area contributed by atoms with E-state index in [1.165, 1.54) is 5.39 Å². The Kier molecular flexibility index (Phi) is 2.98. The van der Waals surface area contributed by atoms with Crippen LogP contribution in [0.1, 0.15) is 13.3 Å². The van der Waals surface area contributed by atoms with Crippen LogP contribution in [0.15, 0.2) is 42.5 Å². The van der Waals surface area contributed by atoms with Gasteiger partial charge in [0.1, 0.15) is 0 Å². The number of hydrogen-bond donors (Lipinski definition) is 1. The monoisotopic (exact) mass is 381 g/mol. The number of fused-ring (bicyclic) bond motifs is 1. The summed E-state index contributed by atoms with van der Waals surface area (Å²) in [7, 11) is 0. The van der Waals surface area contributed by atoms with Crippen LogP contribution in [-0.4, -0.2) is 9.14 Å². The topological polar surface area (TPSA) is 29.1 Å². The molecule has 1 amide bonds. The largest absolute Gasteiger partial charge is 0.326 e. The summed E-state index contributed by atoms with van der Waals surface area (Å²) in [6.07, 6.45) is 0.791. The first-order valence-corrected chi connectivity index (χ1v) is 7.69. The number of carbonyl (C=O) groups excluding carboxylic acids is 1. The summed E-state index contributed by atoms with van der Waals surface area (Å²) in [6, 6.07) is 14.1. The first kappa shape index (κ1) is 13.1. The van der Waals surface area contributed by atoms with E-state index < -0.39 is 5.41 Å². The highest BCUT2D eigenvalue weighted by Gasteiger charge is 2.66.